The van der Waals surface area contributed by atoms with Gasteiger partial charge in [-0.3, -0.25) is 0 Å². The van der Waals surface area contributed by atoms with Crippen molar-refractivity contribution < 1.29 is 5.11 Å². The lowest BCUT2D eigenvalue weighted by atomic mass is 10.0. The summed E-state index contributed by atoms with van der Waals surface area (Å²) in [5.41, 5.74) is 2.29. The maximum atomic E-state index is 10.1. The number of phenolic OH excluding ortho intramolecular Hbond substituents is 1. The maximum Gasteiger partial charge on any atom is 0.126 e. The Hall–Kier alpha value is -1.50. The Bertz CT molecular complexity index is 481. The molecule has 0 amide bonds. The van der Waals surface area contributed by atoms with Gasteiger partial charge in [0.25, 0.3) is 0 Å². The molecule has 0 atom stereocenters. The third kappa shape index (κ3) is 1.70. The molecule has 0 aliphatic heterocycles. The first-order valence-corrected chi connectivity index (χ1v) is 5.49. The van der Waals surface area contributed by atoms with Crippen LogP contribution in [0.2, 0.25) is 0 Å². The Balaban J connectivity index is 2.72. The monoisotopic (exact) mass is 200 g/mol. The Labute approximate surface area is 90.4 Å². The van der Waals surface area contributed by atoms with Gasteiger partial charge in [0, 0.05) is 5.39 Å². The van der Waals surface area contributed by atoms with Gasteiger partial charge in [-0.25, -0.2) is 0 Å². The molecule has 0 aliphatic rings. The van der Waals surface area contributed by atoms with Gasteiger partial charge in [0.2, 0.25) is 0 Å². The molecule has 2 aromatic rings. The van der Waals surface area contributed by atoms with Crippen LogP contribution in [0, 0.1) is 0 Å². The third-order valence-electron chi connectivity index (χ3n) is 2.93. The number of rotatable bonds is 2. The van der Waals surface area contributed by atoms with Crippen LogP contribution in [0.4, 0.5) is 0 Å². The second-order valence-electron chi connectivity index (χ2n) is 3.84. The van der Waals surface area contributed by atoms with Crippen molar-refractivity contribution in [3.8, 4) is 5.75 Å². The molecule has 0 saturated carbocycles. The van der Waals surface area contributed by atoms with Crippen molar-refractivity contribution in [3.05, 3.63) is 41.5 Å². The van der Waals surface area contributed by atoms with E-state index in [1.54, 1.807) is 0 Å². The van der Waals surface area contributed by atoms with E-state index in [0.29, 0.717) is 5.75 Å². The predicted octanol–water partition coefficient (Wildman–Crippen LogP) is 3.67. The molecule has 78 valence electrons. The minimum atomic E-state index is 0.449. The number of phenols is 1. The summed E-state index contributed by atoms with van der Waals surface area (Å²) in [5.74, 6) is 0.449. The number of hydrogen-bond acceptors (Lipinski definition) is 1. The zero-order valence-corrected chi connectivity index (χ0v) is 9.25. The topological polar surface area (TPSA) is 20.2 Å². The van der Waals surface area contributed by atoms with E-state index in [0.717, 1.165) is 29.2 Å². The first kappa shape index (κ1) is 10.0. The maximum absolute atomic E-state index is 10.1. The average molecular weight is 200 g/mol. The van der Waals surface area contributed by atoms with Gasteiger partial charge >= 0.3 is 0 Å². The Morgan fingerprint density at radius 2 is 1.73 bits per heavy atom. The zero-order chi connectivity index (χ0) is 10.8. The van der Waals surface area contributed by atoms with Crippen LogP contribution in [-0.2, 0) is 12.8 Å². The van der Waals surface area contributed by atoms with Crippen molar-refractivity contribution in [3.63, 3.8) is 0 Å². The fraction of sp³-hybridized carbons (Fsp3) is 0.286. The Morgan fingerprint density at radius 3 is 2.40 bits per heavy atom. The summed E-state index contributed by atoms with van der Waals surface area (Å²) < 4.78 is 0. The van der Waals surface area contributed by atoms with Gasteiger partial charge in [-0.15, -0.1) is 0 Å². The average Bonchev–Trinajstić information content (AvgIpc) is 2.29. The van der Waals surface area contributed by atoms with Crippen molar-refractivity contribution >= 4 is 10.8 Å². The van der Waals surface area contributed by atoms with Crippen LogP contribution < -0.4 is 0 Å². The summed E-state index contributed by atoms with van der Waals surface area (Å²) in [4.78, 5) is 0. The Morgan fingerprint density at radius 1 is 1.00 bits per heavy atom. The first-order chi connectivity index (χ1) is 7.26. The van der Waals surface area contributed by atoms with E-state index in [1.807, 2.05) is 6.07 Å². The largest absolute Gasteiger partial charge is 0.507 e. The molecule has 2 aromatic carbocycles. The molecule has 0 radical (unpaired) electrons. The molecule has 0 unspecified atom stereocenters. The van der Waals surface area contributed by atoms with E-state index >= 15 is 0 Å². The van der Waals surface area contributed by atoms with E-state index < -0.39 is 0 Å². The minimum absolute atomic E-state index is 0.449. The fourth-order valence-electron chi connectivity index (χ4n) is 1.90. The molecule has 15 heavy (non-hydrogen) atoms. The number of hydrogen-bond donors (Lipinski definition) is 1. The normalized spacial score (nSPS) is 10.8. The van der Waals surface area contributed by atoms with E-state index in [9.17, 15) is 5.11 Å². The summed E-state index contributed by atoms with van der Waals surface area (Å²) >= 11 is 0. The van der Waals surface area contributed by atoms with Crippen LogP contribution in [0.1, 0.15) is 25.0 Å². The number of aromatic hydroxyl groups is 1. The summed E-state index contributed by atoms with van der Waals surface area (Å²) in [5, 5.41) is 12.2. The van der Waals surface area contributed by atoms with Crippen molar-refractivity contribution in [2.24, 2.45) is 0 Å². The van der Waals surface area contributed by atoms with Crippen LogP contribution in [0.5, 0.6) is 5.75 Å². The molecule has 0 aromatic heterocycles. The lowest BCUT2D eigenvalue weighted by molar-refractivity contribution is 0.475. The minimum Gasteiger partial charge on any atom is -0.507 e. The van der Waals surface area contributed by atoms with Gasteiger partial charge < -0.3 is 5.11 Å². The SMILES string of the molecule is CCc1ccc2ccc(CC)c(O)c2c1. The van der Waals surface area contributed by atoms with Crippen molar-refractivity contribution in [2.45, 2.75) is 26.7 Å². The van der Waals surface area contributed by atoms with Gasteiger partial charge in [-0.05, 0) is 35.4 Å². The molecule has 1 heteroatoms. The van der Waals surface area contributed by atoms with E-state index in [4.69, 9.17) is 0 Å². The van der Waals surface area contributed by atoms with E-state index in [1.165, 1.54) is 5.56 Å². The van der Waals surface area contributed by atoms with Gasteiger partial charge in [0.1, 0.15) is 5.75 Å². The van der Waals surface area contributed by atoms with Crippen LogP contribution in [0.15, 0.2) is 30.3 Å². The molecule has 0 aliphatic carbocycles. The highest BCUT2D eigenvalue weighted by Crippen LogP contribution is 2.29. The second kappa shape index (κ2) is 3.93. The highest BCUT2D eigenvalue weighted by atomic mass is 16.3. The molecule has 1 nitrogen and oxygen atoms in total. The molecule has 0 bridgehead atoms. The lowest BCUT2D eigenvalue weighted by Gasteiger charge is -2.07. The zero-order valence-electron chi connectivity index (χ0n) is 9.25. The van der Waals surface area contributed by atoms with Crippen LogP contribution >= 0.6 is 0 Å². The third-order valence-corrected chi connectivity index (χ3v) is 2.93. The first-order valence-electron chi connectivity index (χ1n) is 5.49. The van der Waals surface area contributed by atoms with Crippen molar-refractivity contribution in [2.75, 3.05) is 0 Å². The van der Waals surface area contributed by atoms with Crippen LogP contribution in [0.3, 0.4) is 0 Å². The van der Waals surface area contributed by atoms with Gasteiger partial charge in [0.15, 0.2) is 0 Å². The molecule has 1 N–H and O–H groups in total. The van der Waals surface area contributed by atoms with Crippen LogP contribution in [0.25, 0.3) is 10.8 Å². The molecule has 2 rings (SSSR count). The fourth-order valence-corrected chi connectivity index (χ4v) is 1.90. The summed E-state index contributed by atoms with van der Waals surface area (Å²) in [7, 11) is 0. The van der Waals surface area contributed by atoms with Gasteiger partial charge in [0.05, 0.1) is 0 Å². The molecule has 0 spiro atoms. The van der Waals surface area contributed by atoms with E-state index in [-0.39, 0.29) is 0 Å². The summed E-state index contributed by atoms with van der Waals surface area (Å²) in [6, 6.07) is 10.4. The quantitative estimate of drug-likeness (QED) is 0.784. The van der Waals surface area contributed by atoms with Gasteiger partial charge in [-0.2, -0.15) is 0 Å². The predicted molar refractivity (Wildman–Crippen MR) is 64.4 cm³/mol. The smallest absolute Gasteiger partial charge is 0.126 e. The lowest BCUT2D eigenvalue weighted by Crippen LogP contribution is -1.85. The standard InChI is InChI=1S/C14H16O/c1-3-10-5-6-12-8-7-11(4-2)14(15)13(12)9-10/h5-9,15H,3-4H2,1-2H3. The second-order valence-corrected chi connectivity index (χ2v) is 3.84. The number of aryl methyl sites for hydroxylation is 2. The molecular formula is C14H16O. The molecular weight excluding hydrogens is 184 g/mol. The van der Waals surface area contributed by atoms with Crippen LogP contribution in [-0.4, -0.2) is 5.11 Å². The van der Waals surface area contributed by atoms with Gasteiger partial charge in [-0.1, -0.05) is 38.1 Å². The highest BCUT2D eigenvalue weighted by molar-refractivity contribution is 5.89. The number of benzene rings is 2. The van der Waals surface area contributed by atoms with E-state index in [2.05, 4.69) is 38.1 Å². The van der Waals surface area contributed by atoms with Crippen molar-refractivity contribution in [1.82, 2.24) is 0 Å². The Kier molecular flexibility index (Phi) is 2.63. The summed E-state index contributed by atoms with van der Waals surface area (Å²) in [6.45, 7) is 4.19. The molecule has 0 fully saturated rings. The molecule has 0 heterocycles. The van der Waals surface area contributed by atoms with Crippen molar-refractivity contribution in [1.29, 1.82) is 0 Å². The number of fused-ring (bicyclic) bond motifs is 1. The highest BCUT2D eigenvalue weighted by Gasteiger charge is 2.04. The molecule has 0 saturated heterocycles. The summed E-state index contributed by atoms with van der Waals surface area (Å²) in [6.07, 6.45) is 1.88.